The molecule has 7 heteroatoms. The van der Waals surface area contributed by atoms with Crippen molar-refractivity contribution in [2.75, 3.05) is 19.3 Å². The highest BCUT2D eigenvalue weighted by Gasteiger charge is 2.20. The zero-order valence-corrected chi connectivity index (χ0v) is 13.5. The van der Waals surface area contributed by atoms with Gasteiger partial charge in [0.15, 0.2) is 0 Å². The third kappa shape index (κ3) is 4.17. The number of thioether (sulfide) groups is 1. The lowest BCUT2D eigenvalue weighted by molar-refractivity contribution is 0.0940. The summed E-state index contributed by atoms with van der Waals surface area (Å²) in [5.41, 5.74) is 0.484. The molecule has 1 heterocycles. The van der Waals surface area contributed by atoms with Crippen LogP contribution in [0, 0.1) is 0 Å². The van der Waals surface area contributed by atoms with Crippen LogP contribution < -0.4 is 10.6 Å². The summed E-state index contributed by atoms with van der Waals surface area (Å²) in [7, 11) is 0. The van der Waals surface area contributed by atoms with Crippen molar-refractivity contribution < 1.29 is 4.79 Å². The Balaban J connectivity index is 0.00000180. The number of carbonyl (C=O) groups is 1. The van der Waals surface area contributed by atoms with Gasteiger partial charge < -0.3 is 10.6 Å². The molecule has 19 heavy (non-hydrogen) atoms. The van der Waals surface area contributed by atoms with Crippen LogP contribution in [0.3, 0.4) is 0 Å². The Morgan fingerprint density at radius 1 is 1.42 bits per heavy atom. The van der Waals surface area contributed by atoms with E-state index in [1.807, 2.05) is 6.26 Å². The normalized spacial score (nSPS) is 17.9. The van der Waals surface area contributed by atoms with Gasteiger partial charge in [0.2, 0.25) is 0 Å². The first-order valence-corrected chi connectivity index (χ1v) is 7.64. The molecule has 1 aromatic carbocycles. The quantitative estimate of drug-likeness (QED) is 0.829. The summed E-state index contributed by atoms with van der Waals surface area (Å²) in [4.78, 5) is 13.0. The van der Waals surface area contributed by atoms with Gasteiger partial charge >= 0.3 is 0 Å². The van der Waals surface area contributed by atoms with Crippen molar-refractivity contribution in [3.8, 4) is 0 Å². The zero-order chi connectivity index (χ0) is 13.1. The summed E-state index contributed by atoms with van der Waals surface area (Å²) in [6.07, 6.45) is 2.87. The van der Waals surface area contributed by atoms with Gasteiger partial charge in [-0.3, -0.25) is 4.79 Å². The first-order valence-electron chi connectivity index (χ1n) is 5.66. The summed E-state index contributed by atoms with van der Waals surface area (Å²) < 4.78 is 0. The summed E-state index contributed by atoms with van der Waals surface area (Å²) in [5, 5.41) is 7.14. The van der Waals surface area contributed by atoms with Crippen LogP contribution in [0.4, 0.5) is 0 Å². The second kappa shape index (κ2) is 7.60. The Kier molecular flexibility index (Phi) is 6.77. The lowest BCUT2D eigenvalue weighted by atomic mass is 10.2. The molecule has 1 aromatic rings. The van der Waals surface area contributed by atoms with Gasteiger partial charge in [-0.15, -0.1) is 24.2 Å². The maximum Gasteiger partial charge on any atom is 0.253 e. The van der Waals surface area contributed by atoms with Crippen LogP contribution in [0.25, 0.3) is 0 Å². The standard InChI is InChI=1S/C12H14Cl2N2OS.ClH/c1-18-11-4-8(9(13)5-10(11)14)12(17)16-7-2-3-15-6-7;/h4-5,7,15H,2-3,6H2,1H3,(H,16,17);1H. The molecule has 1 fully saturated rings. The van der Waals surface area contributed by atoms with E-state index in [2.05, 4.69) is 10.6 Å². The van der Waals surface area contributed by atoms with Crippen molar-refractivity contribution in [2.45, 2.75) is 17.4 Å². The number of rotatable bonds is 3. The molecule has 0 aliphatic carbocycles. The molecule has 1 aliphatic heterocycles. The third-order valence-electron chi connectivity index (χ3n) is 2.88. The Morgan fingerprint density at radius 2 is 2.16 bits per heavy atom. The average molecular weight is 342 g/mol. The predicted octanol–water partition coefficient (Wildman–Crippen LogP) is 3.23. The first kappa shape index (κ1) is 16.9. The smallest absolute Gasteiger partial charge is 0.253 e. The molecule has 0 bridgehead atoms. The van der Waals surface area contributed by atoms with Crippen molar-refractivity contribution in [3.63, 3.8) is 0 Å². The Hall–Kier alpha value is -0.130. The topological polar surface area (TPSA) is 41.1 Å². The van der Waals surface area contributed by atoms with E-state index in [4.69, 9.17) is 23.2 Å². The fourth-order valence-corrected chi connectivity index (χ4v) is 3.09. The van der Waals surface area contributed by atoms with E-state index < -0.39 is 0 Å². The van der Waals surface area contributed by atoms with Gasteiger partial charge in [0.1, 0.15) is 0 Å². The van der Waals surface area contributed by atoms with E-state index in [9.17, 15) is 4.79 Å². The lowest BCUT2D eigenvalue weighted by Gasteiger charge is -2.13. The Bertz CT molecular complexity index is 465. The number of hydrogen-bond donors (Lipinski definition) is 2. The maximum atomic E-state index is 12.1. The molecular weight excluding hydrogens is 327 g/mol. The third-order valence-corrected chi connectivity index (χ3v) is 4.40. The molecule has 1 atom stereocenters. The van der Waals surface area contributed by atoms with Crippen molar-refractivity contribution in [2.24, 2.45) is 0 Å². The Labute approximate surface area is 133 Å². The van der Waals surface area contributed by atoms with Gasteiger partial charge in [0, 0.05) is 17.5 Å². The minimum Gasteiger partial charge on any atom is -0.348 e. The molecule has 1 amide bonds. The molecule has 1 unspecified atom stereocenters. The number of halogens is 3. The molecule has 2 N–H and O–H groups in total. The van der Waals surface area contributed by atoms with Crippen LogP contribution >= 0.6 is 47.4 Å². The molecule has 3 nitrogen and oxygen atoms in total. The summed E-state index contributed by atoms with van der Waals surface area (Å²) >= 11 is 13.6. The van der Waals surface area contributed by atoms with E-state index in [-0.39, 0.29) is 24.4 Å². The van der Waals surface area contributed by atoms with Gasteiger partial charge in [0.25, 0.3) is 5.91 Å². The van der Waals surface area contributed by atoms with Crippen LogP contribution in [-0.4, -0.2) is 31.3 Å². The molecule has 0 radical (unpaired) electrons. The largest absolute Gasteiger partial charge is 0.348 e. The van der Waals surface area contributed by atoms with Crippen molar-refractivity contribution in [3.05, 3.63) is 27.7 Å². The van der Waals surface area contributed by atoms with Crippen LogP contribution in [0.1, 0.15) is 16.8 Å². The second-order valence-electron chi connectivity index (χ2n) is 4.13. The molecular formula is C12H15Cl3N2OS. The van der Waals surface area contributed by atoms with Crippen molar-refractivity contribution in [1.82, 2.24) is 10.6 Å². The fourth-order valence-electron chi connectivity index (χ4n) is 1.90. The van der Waals surface area contributed by atoms with Gasteiger partial charge in [-0.2, -0.15) is 0 Å². The van der Waals surface area contributed by atoms with Gasteiger partial charge in [-0.05, 0) is 31.4 Å². The highest BCUT2D eigenvalue weighted by molar-refractivity contribution is 7.98. The van der Waals surface area contributed by atoms with Crippen molar-refractivity contribution >= 4 is 53.3 Å². The highest BCUT2D eigenvalue weighted by Crippen LogP contribution is 2.31. The molecule has 1 saturated heterocycles. The van der Waals surface area contributed by atoms with E-state index in [0.717, 1.165) is 24.4 Å². The van der Waals surface area contributed by atoms with E-state index >= 15 is 0 Å². The number of hydrogen-bond acceptors (Lipinski definition) is 3. The highest BCUT2D eigenvalue weighted by atomic mass is 35.5. The second-order valence-corrected chi connectivity index (χ2v) is 5.79. The van der Waals surface area contributed by atoms with E-state index in [0.29, 0.717) is 15.6 Å². The molecule has 0 aromatic heterocycles. The summed E-state index contributed by atoms with van der Waals surface area (Å²) in [6, 6.07) is 3.55. The van der Waals surface area contributed by atoms with E-state index in [1.165, 1.54) is 11.8 Å². The SMILES string of the molecule is CSc1cc(C(=O)NC2CCNC2)c(Cl)cc1Cl.Cl. The maximum absolute atomic E-state index is 12.1. The monoisotopic (exact) mass is 340 g/mol. The molecule has 0 spiro atoms. The summed E-state index contributed by atoms with van der Waals surface area (Å²) in [6.45, 7) is 1.75. The molecule has 2 rings (SSSR count). The van der Waals surface area contributed by atoms with Crippen LogP contribution in [0.15, 0.2) is 17.0 Å². The first-order chi connectivity index (χ1) is 8.61. The van der Waals surface area contributed by atoms with Gasteiger partial charge in [0.05, 0.1) is 15.6 Å². The zero-order valence-electron chi connectivity index (χ0n) is 10.3. The number of carbonyl (C=O) groups excluding carboxylic acids is 1. The van der Waals surface area contributed by atoms with Crippen LogP contribution in [0.5, 0.6) is 0 Å². The number of amides is 1. The van der Waals surface area contributed by atoms with Crippen LogP contribution in [-0.2, 0) is 0 Å². The molecule has 0 saturated carbocycles. The fraction of sp³-hybridized carbons (Fsp3) is 0.417. The van der Waals surface area contributed by atoms with Crippen molar-refractivity contribution in [1.29, 1.82) is 0 Å². The van der Waals surface area contributed by atoms with Gasteiger partial charge in [-0.25, -0.2) is 0 Å². The average Bonchev–Trinajstić information content (AvgIpc) is 2.81. The number of benzene rings is 1. The molecule has 1 aliphatic rings. The van der Waals surface area contributed by atoms with Gasteiger partial charge in [-0.1, -0.05) is 23.2 Å². The minimum absolute atomic E-state index is 0. The molecule has 106 valence electrons. The van der Waals surface area contributed by atoms with Crippen LogP contribution in [0.2, 0.25) is 10.0 Å². The lowest BCUT2D eigenvalue weighted by Crippen LogP contribution is -2.36. The van der Waals surface area contributed by atoms with E-state index in [1.54, 1.807) is 12.1 Å². The number of nitrogens with one attached hydrogen (secondary N) is 2. The predicted molar refractivity (Wildman–Crippen MR) is 84.2 cm³/mol. The Morgan fingerprint density at radius 3 is 2.74 bits per heavy atom. The summed E-state index contributed by atoms with van der Waals surface area (Å²) in [5.74, 6) is -0.138. The minimum atomic E-state index is -0.138.